The van der Waals surface area contributed by atoms with Crippen LogP contribution in [-0.2, 0) is 19.5 Å². The molecule has 0 radical (unpaired) electrons. The summed E-state index contributed by atoms with van der Waals surface area (Å²) in [5.74, 6) is -1.75. The van der Waals surface area contributed by atoms with E-state index in [0.29, 0.717) is 11.5 Å². The first-order chi connectivity index (χ1) is 17.3. The first kappa shape index (κ1) is 29.3. The van der Waals surface area contributed by atoms with Gasteiger partial charge in [-0.05, 0) is 71.5 Å². The molecule has 0 fully saturated rings. The third-order valence-electron chi connectivity index (χ3n) is 5.61. The van der Waals surface area contributed by atoms with Crippen molar-refractivity contribution in [1.29, 1.82) is 0 Å². The predicted octanol–water partition coefficient (Wildman–Crippen LogP) is 4.07. The normalized spacial score (nSPS) is 9.84. The van der Waals surface area contributed by atoms with E-state index in [1.54, 1.807) is 12.1 Å². The number of methoxy groups -OCH3 is 2. The van der Waals surface area contributed by atoms with E-state index in [0.717, 1.165) is 33.4 Å². The Morgan fingerprint density at radius 3 is 1.16 bits per heavy atom. The third-order valence-corrected chi connectivity index (χ3v) is 5.61. The molecule has 0 unspecified atom stereocenters. The van der Waals surface area contributed by atoms with Crippen molar-refractivity contribution in [3.63, 3.8) is 0 Å². The van der Waals surface area contributed by atoms with Crippen LogP contribution in [0.5, 0.6) is 11.5 Å². The van der Waals surface area contributed by atoms with Crippen LogP contribution in [0, 0.1) is 13.8 Å². The Bertz CT molecular complexity index is 1260. The van der Waals surface area contributed by atoms with E-state index in [2.05, 4.69) is 0 Å². The van der Waals surface area contributed by atoms with E-state index in [4.69, 9.17) is 9.47 Å². The molecule has 0 aliphatic heterocycles. The summed E-state index contributed by atoms with van der Waals surface area (Å²) in [6.07, 6.45) is 0. The van der Waals surface area contributed by atoms with Gasteiger partial charge in [0.1, 0.15) is 11.5 Å². The molecule has 4 rings (SSSR count). The van der Waals surface area contributed by atoms with Crippen molar-refractivity contribution in [2.75, 3.05) is 14.2 Å². The van der Waals surface area contributed by atoms with Crippen LogP contribution in [0.3, 0.4) is 0 Å². The smallest absolute Gasteiger partial charge is 0.545 e. The van der Waals surface area contributed by atoms with Crippen LogP contribution < -0.4 is 19.7 Å². The van der Waals surface area contributed by atoms with Gasteiger partial charge < -0.3 is 29.3 Å². The van der Waals surface area contributed by atoms with Crippen LogP contribution in [0.4, 0.5) is 0 Å². The van der Waals surface area contributed by atoms with Gasteiger partial charge in [0, 0.05) is 11.1 Å². The van der Waals surface area contributed by atoms with E-state index in [1.165, 1.54) is 14.2 Å². The molecule has 0 aliphatic rings. The fourth-order valence-electron chi connectivity index (χ4n) is 3.99. The van der Waals surface area contributed by atoms with Gasteiger partial charge >= 0.3 is 19.5 Å². The van der Waals surface area contributed by atoms with Crippen molar-refractivity contribution in [1.82, 2.24) is 0 Å². The number of aryl methyl sites for hydroxylation is 2. The Kier molecular flexibility index (Phi) is 10.6. The summed E-state index contributed by atoms with van der Waals surface area (Å²) < 4.78 is 10.2. The number of aromatic carboxylic acids is 2. The van der Waals surface area contributed by atoms with Crippen LogP contribution in [0.25, 0.3) is 22.3 Å². The van der Waals surface area contributed by atoms with Gasteiger partial charge in [0.05, 0.1) is 26.2 Å². The minimum Gasteiger partial charge on any atom is -0.545 e. The minimum absolute atomic E-state index is 0. The number of carboxylic acids is 2. The molecule has 0 spiro atoms. The number of carbonyl (C=O) groups is 2. The van der Waals surface area contributed by atoms with Gasteiger partial charge in [0.2, 0.25) is 0 Å². The standard InChI is InChI=1S/2C15H14O3.Zn/c2*1-10-8-12(11-6-4-3-5-7-11)9-13(15(16)17)14(10)18-2;/h2*3-9H,1-2H3,(H,16,17);/q;;+2/p-2. The summed E-state index contributed by atoms with van der Waals surface area (Å²) in [6.45, 7) is 3.63. The van der Waals surface area contributed by atoms with E-state index >= 15 is 0 Å². The van der Waals surface area contributed by atoms with Crippen molar-refractivity contribution in [2.24, 2.45) is 0 Å². The van der Waals surface area contributed by atoms with Gasteiger partial charge in [0.15, 0.2) is 0 Å². The Morgan fingerprint density at radius 2 is 0.892 bits per heavy atom. The summed E-state index contributed by atoms with van der Waals surface area (Å²) in [4.78, 5) is 22.3. The number of hydrogen-bond donors (Lipinski definition) is 0. The maximum atomic E-state index is 11.1. The molecule has 0 bridgehead atoms. The second-order valence-electron chi connectivity index (χ2n) is 8.05. The van der Waals surface area contributed by atoms with Gasteiger partial charge in [-0.1, -0.05) is 60.7 Å². The molecule has 0 N–H and O–H groups in total. The zero-order chi connectivity index (χ0) is 26.2. The number of hydrogen-bond acceptors (Lipinski definition) is 6. The van der Waals surface area contributed by atoms with Crippen LogP contribution in [0.2, 0.25) is 0 Å². The van der Waals surface area contributed by atoms with Gasteiger partial charge in [-0.3, -0.25) is 0 Å². The second kappa shape index (κ2) is 13.4. The van der Waals surface area contributed by atoms with Crippen molar-refractivity contribution in [2.45, 2.75) is 13.8 Å². The molecule has 6 nitrogen and oxygen atoms in total. The molecule has 0 aromatic heterocycles. The van der Waals surface area contributed by atoms with Crippen molar-refractivity contribution < 1.29 is 48.8 Å². The molecule has 184 valence electrons. The number of benzene rings is 4. The summed E-state index contributed by atoms with van der Waals surface area (Å²) in [5, 5.41) is 22.3. The van der Waals surface area contributed by atoms with Gasteiger partial charge in [-0.15, -0.1) is 0 Å². The number of carbonyl (C=O) groups excluding carboxylic acids is 2. The molecule has 0 heterocycles. The topological polar surface area (TPSA) is 98.7 Å². The molecule has 37 heavy (non-hydrogen) atoms. The van der Waals surface area contributed by atoms with E-state index in [1.807, 2.05) is 86.6 Å². The quantitative estimate of drug-likeness (QED) is 0.338. The van der Waals surface area contributed by atoms with Gasteiger partial charge in [-0.25, -0.2) is 0 Å². The van der Waals surface area contributed by atoms with Crippen LogP contribution in [0.15, 0.2) is 84.9 Å². The van der Waals surface area contributed by atoms with Crippen molar-refractivity contribution in [3.8, 4) is 33.8 Å². The number of carboxylic acid groups (broad SMARTS) is 2. The molecule has 4 aromatic rings. The zero-order valence-electron chi connectivity index (χ0n) is 21.2. The number of ether oxygens (including phenoxy) is 2. The molecule has 4 aromatic carbocycles. The summed E-state index contributed by atoms with van der Waals surface area (Å²) in [6, 6.07) is 26.2. The average Bonchev–Trinajstić information content (AvgIpc) is 2.89. The molecule has 0 amide bonds. The second-order valence-corrected chi connectivity index (χ2v) is 8.05. The summed E-state index contributed by atoms with van der Waals surface area (Å²) >= 11 is 0. The minimum atomic E-state index is -1.23. The van der Waals surface area contributed by atoms with Crippen molar-refractivity contribution >= 4 is 11.9 Å². The van der Waals surface area contributed by atoms with Crippen LogP contribution in [-0.4, -0.2) is 26.2 Å². The molecular weight excluding hydrogens is 522 g/mol. The summed E-state index contributed by atoms with van der Waals surface area (Å²) in [7, 11) is 2.91. The summed E-state index contributed by atoms with van der Waals surface area (Å²) in [5.41, 5.74) is 5.32. The van der Waals surface area contributed by atoms with Crippen molar-refractivity contribution in [3.05, 3.63) is 107 Å². The fraction of sp³-hybridized carbons (Fsp3) is 0.133. The van der Waals surface area contributed by atoms with Crippen LogP contribution >= 0.6 is 0 Å². The fourth-order valence-corrected chi connectivity index (χ4v) is 3.99. The first-order valence-electron chi connectivity index (χ1n) is 11.2. The van der Waals surface area contributed by atoms with E-state index in [9.17, 15) is 19.8 Å². The monoisotopic (exact) mass is 546 g/mol. The third kappa shape index (κ3) is 7.05. The Labute approximate surface area is 229 Å². The maximum absolute atomic E-state index is 11.1. The SMILES string of the molecule is COc1c(C)cc(-c2ccccc2)cc1C(=O)[O-].COc1c(C)cc(-c2ccccc2)cc1C(=O)[O-].[Zn+2]. The largest absolute Gasteiger partial charge is 2.00 e. The molecule has 0 saturated carbocycles. The Hall–Kier alpha value is -3.96. The zero-order valence-corrected chi connectivity index (χ0v) is 24.2. The average molecular weight is 548 g/mol. The van der Waals surface area contributed by atoms with E-state index < -0.39 is 11.9 Å². The molecular formula is C30H26O6Zn. The number of rotatable bonds is 6. The van der Waals surface area contributed by atoms with Gasteiger partial charge in [0.25, 0.3) is 0 Å². The Morgan fingerprint density at radius 1 is 0.568 bits per heavy atom. The predicted molar refractivity (Wildman–Crippen MR) is 135 cm³/mol. The molecule has 0 saturated heterocycles. The molecule has 0 atom stereocenters. The molecule has 0 aliphatic carbocycles. The van der Waals surface area contributed by atoms with Gasteiger partial charge in [-0.2, -0.15) is 0 Å². The maximum Gasteiger partial charge on any atom is 2.00 e. The van der Waals surface area contributed by atoms with E-state index in [-0.39, 0.29) is 30.6 Å². The molecule has 7 heteroatoms. The van der Waals surface area contributed by atoms with Crippen LogP contribution in [0.1, 0.15) is 31.8 Å². The Balaban J connectivity index is 0.000000253. The first-order valence-corrected chi connectivity index (χ1v) is 11.2.